The summed E-state index contributed by atoms with van der Waals surface area (Å²) in [5, 5.41) is 12.0. The molecule has 1 unspecified atom stereocenters. The Morgan fingerprint density at radius 3 is 1.83 bits per heavy atom. The van der Waals surface area contributed by atoms with Crippen molar-refractivity contribution in [1.82, 2.24) is 21.3 Å². The first-order chi connectivity index (χ1) is 13.2. The number of rotatable bonds is 8. The number of amides is 2. The van der Waals surface area contributed by atoms with E-state index in [9.17, 15) is 9.59 Å². The zero-order valence-corrected chi connectivity index (χ0v) is 22.3. The molecule has 0 fully saturated rings. The lowest BCUT2D eigenvalue weighted by Gasteiger charge is -2.26. The van der Waals surface area contributed by atoms with E-state index >= 15 is 0 Å². The molecular weight excluding hydrogens is 501 g/mol. The van der Waals surface area contributed by atoms with Crippen LogP contribution in [0.1, 0.15) is 61.8 Å². The number of halogens is 1. The van der Waals surface area contributed by atoms with E-state index in [0.717, 1.165) is 0 Å². The van der Waals surface area contributed by atoms with Crippen LogP contribution in [0.5, 0.6) is 0 Å². The average Bonchev–Trinajstić information content (AvgIpc) is 2.52. The maximum atomic E-state index is 12.0. The molecule has 0 rings (SSSR count). The Balaban J connectivity index is 0. The van der Waals surface area contributed by atoms with Gasteiger partial charge in [-0.2, -0.15) is 0 Å². The molecule has 0 aliphatic carbocycles. The molecule has 4 N–H and O–H groups in total. The minimum atomic E-state index is -0.538. The number of nitrogens with zero attached hydrogens (tertiary/aromatic N) is 1. The highest BCUT2D eigenvalue weighted by molar-refractivity contribution is 14.0. The van der Waals surface area contributed by atoms with Crippen LogP contribution < -0.4 is 21.3 Å². The topological polar surface area (TPSA) is 113 Å². The average molecular weight is 543 g/mol. The Bertz CT molecular complexity index is 542. The second-order valence-corrected chi connectivity index (χ2v) is 9.16. The van der Waals surface area contributed by atoms with E-state index in [-0.39, 0.29) is 35.9 Å². The molecule has 0 aromatic rings. The standard InChI is InChI=1S/C20H41N5O4.HI/c1-14(2)15(25-18(27)29-20(6,7)8)13-24-16(21-9)22-11-10-12-23-17(26)28-19(3,4)5;/h14-15H,10-13H2,1-9H3,(H,23,26)(H,25,27)(H2,21,22,24);1H. The van der Waals surface area contributed by atoms with E-state index in [2.05, 4.69) is 26.3 Å². The van der Waals surface area contributed by atoms with Gasteiger partial charge in [-0.3, -0.25) is 4.99 Å². The van der Waals surface area contributed by atoms with Crippen LogP contribution >= 0.6 is 24.0 Å². The zero-order valence-electron chi connectivity index (χ0n) is 20.0. The Kier molecular flexibility index (Phi) is 14.9. The van der Waals surface area contributed by atoms with Crippen LogP contribution in [0.15, 0.2) is 4.99 Å². The van der Waals surface area contributed by atoms with E-state index in [0.29, 0.717) is 32.0 Å². The number of ether oxygens (including phenoxy) is 2. The molecule has 2 amide bonds. The third kappa shape index (κ3) is 17.4. The maximum absolute atomic E-state index is 12.0. The molecule has 9 nitrogen and oxygen atoms in total. The van der Waals surface area contributed by atoms with Gasteiger partial charge in [0, 0.05) is 26.7 Å². The lowest BCUT2D eigenvalue weighted by molar-refractivity contribution is 0.0488. The van der Waals surface area contributed by atoms with Crippen LogP contribution in [0.2, 0.25) is 0 Å². The Hall–Kier alpha value is -1.46. The predicted octanol–water partition coefficient (Wildman–Crippen LogP) is 3.23. The second kappa shape index (κ2) is 14.5. The number of hydrogen-bond donors (Lipinski definition) is 4. The van der Waals surface area contributed by atoms with Gasteiger partial charge in [-0.1, -0.05) is 13.8 Å². The molecule has 0 aromatic carbocycles. The second-order valence-electron chi connectivity index (χ2n) is 9.16. The van der Waals surface area contributed by atoms with Crippen molar-refractivity contribution in [2.75, 3.05) is 26.7 Å². The van der Waals surface area contributed by atoms with Crippen LogP contribution in [-0.2, 0) is 9.47 Å². The molecule has 0 bridgehead atoms. The summed E-state index contributed by atoms with van der Waals surface area (Å²) < 4.78 is 10.5. The number of carbonyl (C=O) groups is 2. The Morgan fingerprint density at radius 2 is 1.37 bits per heavy atom. The first-order valence-corrected chi connectivity index (χ1v) is 10.1. The lowest BCUT2D eigenvalue weighted by atomic mass is 10.0. The predicted molar refractivity (Wildman–Crippen MR) is 132 cm³/mol. The SMILES string of the molecule is CN=C(NCCCNC(=O)OC(C)(C)C)NCC(NC(=O)OC(C)(C)C)C(C)C.I. The summed E-state index contributed by atoms with van der Waals surface area (Å²) in [5.74, 6) is 0.838. The highest BCUT2D eigenvalue weighted by Crippen LogP contribution is 2.08. The van der Waals surface area contributed by atoms with Gasteiger partial charge in [0.2, 0.25) is 0 Å². The molecule has 0 saturated carbocycles. The molecule has 0 radical (unpaired) electrons. The van der Waals surface area contributed by atoms with Gasteiger partial charge < -0.3 is 30.7 Å². The summed E-state index contributed by atoms with van der Waals surface area (Å²) in [5.41, 5.74) is -1.04. The van der Waals surface area contributed by atoms with Gasteiger partial charge in [0.05, 0.1) is 6.04 Å². The number of carbonyl (C=O) groups excluding carboxylic acids is 2. The fraction of sp³-hybridized carbons (Fsp3) is 0.850. The zero-order chi connectivity index (χ0) is 22.7. The Morgan fingerprint density at radius 1 is 0.867 bits per heavy atom. The first kappa shape index (κ1) is 30.7. The molecule has 0 aliphatic rings. The molecule has 0 heterocycles. The molecule has 30 heavy (non-hydrogen) atoms. The number of nitrogens with one attached hydrogen (secondary N) is 4. The normalized spacial score (nSPS) is 13.1. The van der Waals surface area contributed by atoms with Crippen molar-refractivity contribution >= 4 is 42.1 Å². The maximum Gasteiger partial charge on any atom is 0.407 e. The van der Waals surface area contributed by atoms with Gasteiger partial charge >= 0.3 is 12.2 Å². The van der Waals surface area contributed by atoms with Crippen molar-refractivity contribution in [2.45, 2.75) is 79.1 Å². The summed E-state index contributed by atoms with van der Waals surface area (Å²) >= 11 is 0. The fourth-order valence-electron chi connectivity index (χ4n) is 2.14. The molecular formula is C20H42IN5O4. The number of hydrogen-bond acceptors (Lipinski definition) is 5. The fourth-order valence-corrected chi connectivity index (χ4v) is 2.14. The summed E-state index contributed by atoms with van der Waals surface area (Å²) in [7, 11) is 1.68. The lowest BCUT2D eigenvalue weighted by Crippen LogP contribution is -2.50. The van der Waals surface area contributed by atoms with Crippen LogP contribution in [-0.4, -0.2) is 62.1 Å². The van der Waals surface area contributed by atoms with Gasteiger partial charge in [-0.25, -0.2) is 9.59 Å². The quantitative estimate of drug-likeness (QED) is 0.162. The number of guanidine groups is 1. The van der Waals surface area contributed by atoms with E-state index in [1.54, 1.807) is 7.05 Å². The smallest absolute Gasteiger partial charge is 0.407 e. The summed E-state index contributed by atoms with van der Waals surface area (Å²) in [6.07, 6.45) is -0.147. The summed E-state index contributed by atoms with van der Waals surface area (Å²) in [6.45, 7) is 16.7. The number of alkyl carbamates (subject to hydrolysis) is 2. The molecule has 0 aliphatic heterocycles. The van der Waals surface area contributed by atoms with Gasteiger partial charge in [-0.15, -0.1) is 24.0 Å². The van der Waals surface area contributed by atoms with E-state index < -0.39 is 23.4 Å². The highest BCUT2D eigenvalue weighted by atomic mass is 127. The van der Waals surface area contributed by atoms with Gasteiger partial charge in [-0.05, 0) is 53.9 Å². The van der Waals surface area contributed by atoms with Gasteiger partial charge in [0.15, 0.2) is 5.96 Å². The van der Waals surface area contributed by atoms with Gasteiger partial charge in [0.1, 0.15) is 11.2 Å². The van der Waals surface area contributed by atoms with Crippen molar-refractivity contribution < 1.29 is 19.1 Å². The minimum Gasteiger partial charge on any atom is -0.444 e. The summed E-state index contributed by atoms with van der Waals surface area (Å²) in [4.78, 5) is 27.8. The van der Waals surface area contributed by atoms with Crippen LogP contribution in [0.4, 0.5) is 9.59 Å². The molecule has 178 valence electrons. The van der Waals surface area contributed by atoms with Crippen molar-refractivity contribution in [3.05, 3.63) is 0 Å². The first-order valence-electron chi connectivity index (χ1n) is 10.1. The molecule has 0 spiro atoms. The molecule has 10 heteroatoms. The van der Waals surface area contributed by atoms with Gasteiger partial charge in [0.25, 0.3) is 0 Å². The van der Waals surface area contributed by atoms with Crippen LogP contribution in [0.25, 0.3) is 0 Å². The molecule has 0 aromatic heterocycles. The minimum absolute atomic E-state index is 0. The third-order valence-electron chi connectivity index (χ3n) is 3.53. The van der Waals surface area contributed by atoms with Crippen molar-refractivity contribution in [2.24, 2.45) is 10.9 Å². The number of aliphatic imine (C=N–C) groups is 1. The van der Waals surface area contributed by atoms with E-state index in [1.165, 1.54) is 0 Å². The van der Waals surface area contributed by atoms with Crippen molar-refractivity contribution in [3.8, 4) is 0 Å². The van der Waals surface area contributed by atoms with Crippen LogP contribution in [0.3, 0.4) is 0 Å². The molecule has 1 atom stereocenters. The van der Waals surface area contributed by atoms with E-state index in [4.69, 9.17) is 9.47 Å². The van der Waals surface area contributed by atoms with E-state index in [1.807, 2.05) is 55.4 Å². The van der Waals surface area contributed by atoms with Crippen molar-refractivity contribution in [1.29, 1.82) is 0 Å². The monoisotopic (exact) mass is 543 g/mol. The largest absolute Gasteiger partial charge is 0.444 e. The van der Waals surface area contributed by atoms with Crippen LogP contribution in [0, 0.1) is 5.92 Å². The highest BCUT2D eigenvalue weighted by Gasteiger charge is 2.21. The molecule has 0 saturated heterocycles. The summed E-state index contributed by atoms with van der Waals surface area (Å²) in [6, 6.07) is -0.114. The Labute approximate surface area is 198 Å². The third-order valence-corrected chi connectivity index (χ3v) is 3.53. The van der Waals surface area contributed by atoms with Crippen molar-refractivity contribution in [3.63, 3.8) is 0 Å².